The summed E-state index contributed by atoms with van der Waals surface area (Å²) in [6.07, 6.45) is 7.93. The molecule has 0 unspecified atom stereocenters. The molecule has 2 saturated carbocycles. The van der Waals surface area contributed by atoms with Crippen molar-refractivity contribution in [2.75, 3.05) is 24.2 Å². The van der Waals surface area contributed by atoms with Gasteiger partial charge in [-0.1, -0.05) is 12.8 Å². The molecular formula is C15H24N4. The van der Waals surface area contributed by atoms with E-state index in [1.54, 1.807) is 0 Å². The molecule has 1 heterocycles. The maximum atomic E-state index is 6.06. The number of aromatic nitrogens is 2. The van der Waals surface area contributed by atoms with Crippen LogP contribution in [0, 0.1) is 12.8 Å². The number of rotatable bonds is 4. The van der Waals surface area contributed by atoms with Crippen LogP contribution in [-0.4, -0.2) is 23.6 Å². The van der Waals surface area contributed by atoms with Gasteiger partial charge in [-0.25, -0.2) is 9.97 Å². The van der Waals surface area contributed by atoms with Crippen LogP contribution < -0.4 is 10.6 Å². The van der Waals surface area contributed by atoms with Gasteiger partial charge in [0, 0.05) is 25.1 Å². The molecule has 3 rings (SSSR count). The normalized spacial score (nSPS) is 19.9. The fourth-order valence-corrected chi connectivity index (χ4v) is 3.10. The summed E-state index contributed by atoms with van der Waals surface area (Å²) < 4.78 is 0. The molecule has 104 valence electrons. The molecule has 2 fully saturated rings. The summed E-state index contributed by atoms with van der Waals surface area (Å²) in [4.78, 5) is 11.5. The molecule has 0 radical (unpaired) electrons. The van der Waals surface area contributed by atoms with E-state index in [4.69, 9.17) is 10.7 Å². The van der Waals surface area contributed by atoms with Crippen molar-refractivity contribution in [3.8, 4) is 0 Å². The van der Waals surface area contributed by atoms with Gasteiger partial charge in [0.25, 0.3) is 0 Å². The smallest absolute Gasteiger partial charge is 0.137 e. The topological polar surface area (TPSA) is 55.0 Å². The lowest BCUT2D eigenvalue weighted by molar-refractivity contribution is 0.544. The van der Waals surface area contributed by atoms with Crippen LogP contribution in [0.4, 0.5) is 11.6 Å². The average molecular weight is 260 g/mol. The van der Waals surface area contributed by atoms with Crippen molar-refractivity contribution in [1.82, 2.24) is 9.97 Å². The van der Waals surface area contributed by atoms with E-state index in [2.05, 4.69) is 16.9 Å². The van der Waals surface area contributed by atoms with Crippen molar-refractivity contribution in [2.45, 2.75) is 51.4 Å². The van der Waals surface area contributed by atoms with E-state index in [1.165, 1.54) is 38.5 Å². The molecule has 1 aromatic heterocycles. The van der Waals surface area contributed by atoms with Crippen molar-refractivity contribution in [2.24, 2.45) is 5.92 Å². The van der Waals surface area contributed by atoms with Gasteiger partial charge < -0.3 is 10.6 Å². The second kappa shape index (κ2) is 4.99. The Balaban J connectivity index is 1.81. The standard InChI is InChI=1S/C15H24N4/c1-10-13(16)17-14(12-7-8-12)18-15(10)19(2)9-11-5-3-4-6-11/h11-12H,3-9H2,1-2H3,(H2,16,17,18). The van der Waals surface area contributed by atoms with Gasteiger partial charge in [-0.15, -0.1) is 0 Å². The van der Waals surface area contributed by atoms with E-state index in [1.807, 2.05) is 6.92 Å². The van der Waals surface area contributed by atoms with Gasteiger partial charge in [-0.2, -0.15) is 0 Å². The summed E-state index contributed by atoms with van der Waals surface area (Å²) >= 11 is 0. The highest BCUT2D eigenvalue weighted by molar-refractivity contribution is 5.56. The first-order valence-electron chi connectivity index (χ1n) is 7.50. The molecule has 4 heteroatoms. The van der Waals surface area contributed by atoms with Crippen molar-refractivity contribution < 1.29 is 0 Å². The van der Waals surface area contributed by atoms with Crippen molar-refractivity contribution in [1.29, 1.82) is 0 Å². The van der Waals surface area contributed by atoms with E-state index in [9.17, 15) is 0 Å². The summed E-state index contributed by atoms with van der Waals surface area (Å²) in [5.74, 6) is 4.04. The maximum Gasteiger partial charge on any atom is 0.137 e. The number of nitrogens with two attached hydrogens (primary N) is 1. The summed E-state index contributed by atoms with van der Waals surface area (Å²) in [5.41, 5.74) is 7.09. The zero-order valence-corrected chi connectivity index (χ0v) is 12.0. The number of nitrogens with zero attached hydrogens (tertiary/aromatic N) is 3. The Bertz CT molecular complexity index is 461. The average Bonchev–Trinajstić information content (AvgIpc) is 3.11. The Morgan fingerprint density at radius 1 is 1.16 bits per heavy atom. The lowest BCUT2D eigenvalue weighted by atomic mass is 10.1. The minimum absolute atomic E-state index is 0.557. The predicted molar refractivity (Wildman–Crippen MR) is 78.4 cm³/mol. The van der Waals surface area contributed by atoms with Gasteiger partial charge in [-0.05, 0) is 38.5 Å². The molecular weight excluding hydrogens is 236 g/mol. The van der Waals surface area contributed by atoms with Crippen LogP contribution in [0.2, 0.25) is 0 Å². The van der Waals surface area contributed by atoms with Crippen molar-refractivity contribution >= 4 is 11.6 Å². The fourth-order valence-electron chi connectivity index (χ4n) is 3.10. The SMILES string of the molecule is Cc1c(N)nc(C2CC2)nc1N(C)CC1CCCC1. The van der Waals surface area contributed by atoms with Gasteiger partial charge in [-0.3, -0.25) is 0 Å². The molecule has 1 aromatic rings. The molecule has 4 nitrogen and oxygen atoms in total. The summed E-state index contributed by atoms with van der Waals surface area (Å²) in [6.45, 7) is 3.13. The van der Waals surface area contributed by atoms with Gasteiger partial charge >= 0.3 is 0 Å². The van der Waals surface area contributed by atoms with Crippen LogP contribution >= 0.6 is 0 Å². The minimum atomic E-state index is 0.557. The molecule has 2 aliphatic carbocycles. The number of hydrogen-bond acceptors (Lipinski definition) is 4. The van der Waals surface area contributed by atoms with Crippen LogP contribution in [0.5, 0.6) is 0 Å². The third kappa shape index (κ3) is 2.67. The molecule has 2 aliphatic rings. The highest BCUT2D eigenvalue weighted by atomic mass is 15.2. The molecule has 0 amide bonds. The molecule has 0 aromatic carbocycles. The number of anilines is 2. The van der Waals surface area contributed by atoms with Crippen molar-refractivity contribution in [3.05, 3.63) is 11.4 Å². The molecule has 19 heavy (non-hydrogen) atoms. The van der Waals surface area contributed by atoms with Crippen LogP contribution in [0.15, 0.2) is 0 Å². The Hall–Kier alpha value is -1.32. The molecule has 0 saturated heterocycles. The quantitative estimate of drug-likeness (QED) is 0.904. The van der Waals surface area contributed by atoms with Crippen LogP contribution in [0.25, 0.3) is 0 Å². The molecule has 0 aliphatic heterocycles. The first kappa shape index (κ1) is 12.7. The largest absolute Gasteiger partial charge is 0.383 e. The Kier molecular flexibility index (Phi) is 3.33. The van der Waals surface area contributed by atoms with E-state index in [-0.39, 0.29) is 0 Å². The third-order valence-electron chi connectivity index (χ3n) is 4.49. The Morgan fingerprint density at radius 2 is 1.84 bits per heavy atom. The van der Waals surface area contributed by atoms with E-state index >= 15 is 0 Å². The lowest BCUT2D eigenvalue weighted by Crippen LogP contribution is -2.26. The summed E-state index contributed by atoms with van der Waals surface area (Å²) in [7, 11) is 2.14. The summed E-state index contributed by atoms with van der Waals surface area (Å²) in [5, 5.41) is 0. The van der Waals surface area contributed by atoms with Gasteiger partial charge in [0.05, 0.1) is 0 Å². The molecule has 0 bridgehead atoms. The maximum absolute atomic E-state index is 6.06. The highest BCUT2D eigenvalue weighted by Crippen LogP contribution is 2.39. The number of nitrogen functional groups attached to an aromatic ring is 1. The van der Waals surface area contributed by atoms with Crippen LogP contribution in [0.1, 0.15) is 55.8 Å². The van der Waals surface area contributed by atoms with Gasteiger partial charge in [0.15, 0.2) is 0 Å². The van der Waals surface area contributed by atoms with Gasteiger partial charge in [0.2, 0.25) is 0 Å². The zero-order valence-electron chi connectivity index (χ0n) is 12.0. The Morgan fingerprint density at radius 3 is 2.47 bits per heavy atom. The third-order valence-corrected chi connectivity index (χ3v) is 4.49. The highest BCUT2D eigenvalue weighted by Gasteiger charge is 2.28. The van der Waals surface area contributed by atoms with E-state index < -0.39 is 0 Å². The number of hydrogen-bond donors (Lipinski definition) is 1. The first-order valence-corrected chi connectivity index (χ1v) is 7.50. The summed E-state index contributed by atoms with van der Waals surface area (Å²) in [6, 6.07) is 0. The van der Waals surface area contributed by atoms with Crippen molar-refractivity contribution in [3.63, 3.8) is 0 Å². The Labute approximate surface area is 115 Å². The molecule has 0 spiro atoms. The predicted octanol–water partition coefficient (Wildman–Crippen LogP) is 2.87. The first-order chi connectivity index (χ1) is 9.15. The van der Waals surface area contributed by atoms with Gasteiger partial charge in [0.1, 0.15) is 17.5 Å². The second-order valence-corrected chi connectivity index (χ2v) is 6.22. The van der Waals surface area contributed by atoms with E-state index in [0.717, 1.165) is 29.7 Å². The van der Waals surface area contributed by atoms with Crippen LogP contribution in [-0.2, 0) is 0 Å². The van der Waals surface area contributed by atoms with E-state index in [0.29, 0.717) is 11.7 Å². The fraction of sp³-hybridized carbons (Fsp3) is 0.733. The van der Waals surface area contributed by atoms with Crippen LogP contribution in [0.3, 0.4) is 0 Å². The minimum Gasteiger partial charge on any atom is -0.383 e. The second-order valence-electron chi connectivity index (χ2n) is 6.22. The molecule has 2 N–H and O–H groups in total. The zero-order chi connectivity index (χ0) is 13.4. The monoisotopic (exact) mass is 260 g/mol. The lowest BCUT2D eigenvalue weighted by Gasteiger charge is -2.24. The molecule has 0 atom stereocenters.